The van der Waals surface area contributed by atoms with E-state index in [0.717, 1.165) is 17.4 Å². The highest BCUT2D eigenvalue weighted by molar-refractivity contribution is 9.10. The lowest BCUT2D eigenvalue weighted by Gasteiger charge is -2.18. The zero-order chi connectivity index (χ0) is 13.8. The summed E-state index contributed by atoms with van der Waals surface area (Å²) in [5.41, 5.74) is 2.81. The Bertz CT molecular complexity index is 547. The van der Waals surface area contributed by atoms with Crippen LogP contribution in [-0.4, -0.2) is 6.54 Å². The second-order valence-corrected chi connectivity index (χ2v) is 7.19. The van der Waals surface area contributed by atoms with Crippen molar-refractivity contribution >= 4 is 27.3 Å². The van der Waals surface area contributed by atoms with E-state index in [1.165, 1.54) is 20.9 Å². The molecule has 1 aromatic carbocycles. The first-order valence-electron chi connectivity index (χ1n) is 6.65. The quantitative estimate of drug-likeness (QED) is 0.807. The maximum absolute atomic E-state index is 3.61. The molecule has 0 saturated heterocycles. The minimum atomic E-state index is 0.407. The van der Waals surface area contributed by atoms with Crippen molar-refractivity contribution in [2.24, 2.45) is 0 Å². The third-order valence-corrected chi connectivity index (χ3v) is 4.71. The first-order chi connectivity index (χ1) is 9.10. The molecule has 19 heavy (non-hydrogen) atoms. The minimum absolute atomic E-state index is 0.407. The summed E-state index contributed by atoms with van der Waals surface area (Å²) in [4.78, 5) is 2.82. The van der Waals surface area contributed by atoms with E-state index in [4.69, 9.17) is 0 Å². The number of hydrogen-bond donors (Lipinski definition) is 1. The fourth-order valence-corrected chi connectivity index (χ4v) is 3.87. The van der Waals surface area contributed by atoms with Gasteiger partial charge in [-0.05, 0) is 56.1 Å². The predicted octanol–water partition coefficient (Wildman–Crippen LogP) is 5.02. The Labute approximate surface area is 128 Å². The zero-order valence-corrected chi connectivity index (χ0v) is 14.1. The minimum Gasteiger partial charge on any atom is -0.310 e. The summed E-state index contributed by atoms with van der Waals surface area (Å²) in [6.45, 7) is 7.57. The van der Waals surface area contributed by atoms with Crippen molar-refractivity contribution in [1.82, 2.24) is 5.32 Å². The second kappa shape index (κ2) is 6.69. The molecule has 1 N–H and O–H groups in total. The molecule has 1 unspecified atom stereocenters. The lowest BCUT2D eigenvalue weighted by Crippen LogP contribution is -2.23. The van der Waals surface area contributed by atoms with Crippen LogP contribution in [-0.2, 0) is 6.42 Å². The first-order valence-corrected chi connectivity index (χ1v) is 8.26. The molecule has 3 heteroatoms. The second-order valence-electron chi connectivity index (χ2n) is 4.81. The monoisotopic (exact) mass is 337 g/mol. The molecular formula is C16H20BrNS. The van der Waals surface area contributed by atoms with Crippen LogP contribution >= 0.6 is 27.3 Å². The standard InChI is InChI=1S/C16H20BrNS/c1-4-18-16(15-8-11(2)19-12(15)3)10-13-6-5-7-14(17)9-13/h5-9,16,18H,4,10H2,1-3H3. The van der Waals surface area contributed by atoms with E-state index in [-0.39, 0.29) is 0 Å². The summed E-state index contributed by atoms with van der Waals surface area (Å²) >= 11 is 5.44. The molecule has 0 amide bonds. The van der Waals surface area contributed by atoms with Gasteiger partial charge in [-0.1, -0.05) is 35.0 Å². The molecule has 2 rings (SSSR count). The normalized spacial score (nSPS) is 12.6. The number of benzene rings is 1. The molecule has 0 aliphatic rings. The van der Waals surface area contributed by atoms with Crippen LogP contribution in [0, 0.1) is 13.8 Å². The van der Waals surface area contributed by atoms with E-state index in [9.17, 15) is 0 Å². The average Bonchev–Trinajstić information content (AvgIpc) is 2.68. The molecule has 102 valence electrons. The maximum atomic E-state index is 3.61. The SMILES string of the molecule is CCNC(Cc1cccc(Br)c1)c1cc(C)sc1C. The van der Waals surface area contributed by atoms with Gasteiger partial charge in [0.05, 0.1) is 0 Å². The van der Waals surface area contributed by atoms with Crippen molar-refractivity contribution in [3.63, 3.8) is 0 Å². The van der Waals surface area contributed by atoms with Crippen LogP contribution in [0.2, 0.25) is 0 Å². The van der Waals surface area contributed by atoms with Gasteiger partial charge in [-0.25, -0.2) is 0 Å². The first kappa shape index (κ1) is 14.8. The van der Waals surface area contributed by atoms with Gasteiger partial charge in [-0.3, -0.25) is 0 Å². The average molecular weight is 338 g/mol. The van der Waals surface area contributed by atoms with Gasteiger partial charge < -0.3 is 5.32 Å². The highest BCUT2D eigenvalue weighted by atomic mass is 79.9. The van der Waals surface area contributed by atoms with E-state index in [2.05, 4.69) is 72.3 Å². The largest absolute Gasteiger partial charge is 0.310 e. The number of nitrogens with one attached hydrogen (secondary N) is 1. The number of thiophene rings is 1. The molecule has 0 aliphatic carbocycles. The molecule has 1 nitrogen and oxygen atoms in total. The number of halogens is 1. The molecule has 1 aromatic heterocycles. The van der Waals surface area contributed by atoms with Crippen LogP contribution in [0.1, 0.15) is 33.8 Å². The molecule has 1 heterocycles. The van der Waals surface area contributed by atoms with E-state index in [1.54, 1.807) is 0 Å². The molecule has 0 aliphatic heterocycles. The van der Waals surface area contributed by atoms with Gasteiger partial charge in [-0.15, -0.1) is 11.3 Å². The Balaban J connectivity index is 2.23. The summed E-state index contributed by atoms with van der Waals surface area (Å²) in [6.07, 6.45) is 1.03. The van der Waals surface area contributed by atoms with Crippen LogP contribution in [0.5, 0.6) is 0 Å². The van der Waals surface area contributed by atoms with Gasteiger partial charge in [0.15, 0.2) is 0 Å². The Kier molecular flexibility index (Phi) is 5.20. The van der Waals surface area contributed by atoms with E-state index in [1.807, 2.05) is 11.3 Å². The number of likely N-dealkylation sites (N-methyl/N-ethyl adjacent to an activating group) is 1. The Morgan fingerprint density at radius 1 is 1.26 bits per heavy atom. The Morgan fingerprint density at radius 3 is 2.63 bits per heavy atom. The Hall–Kier alpha value is -0.640. The van der Waals surface area contributed by atoms with Gasteiger partial charge in [0.25, 0.3) is 0 Å². The van der Waals surface area contributed by atoms with Crippen molar-refractivity contribution in [2.75, 3.05) is 6.54 Å². The Morgan fingerprint density at radius 2 is 2.05 bits per heavy atom. The van der Waals surface area contributed by atoms with Crippen LogP contribution in [0.25, 0.3) is 0 Å². The molecule has 0 spiro atoms. The predicted molar refractivity (Wildman–Crippen MR) is 88.1 cm³/mol. The van der Waals surface area contributed by atoms with E-state index >= 15 is 0 Å². The van der Waals surface area contributed by atoms with Gasteiger partial charge in [-0.2, -0.15) is 0 Å². The topological polar surface area (TPSA) is 12.0 Å². The van der Waals surface area contributed by atoms with E-state index < -0.39 is 0 Å². The molecule has 0 saturated carbocycles. The van der Waals surface area contributed by atoms with Crippen molar-refractivity contribution in [3.05, 3.63) is 55.7 Å². The van der Waals surface area contributed by atoms with Crippen molar-refractivity contribution in [2.45, 2.75) is 33.2 Å². The summed E-state index contributed by atoms with van der Waals surface area (Å²) < 4.78 is 1.15. The molecule has 0 bridgehead atoms. The summed E-state index contributed by atoms with van der Waals surface area (Å²) in [6, 6.07) is 11.3. The summed E-state index contributed by atoms with van der Waals surface area (Å²) in [5.74, 6) is 0. The van der Waals surface area contributed by atoms with Crippen molar-refractivity contribution < 1.29 is 0 Å². The van der Waals surface area contributed by atoms with Gasteiger partial charge >= 0.3 is 0 Å². The van der Waals surface area contributed by atoms with Gasteiger partial charge in [0.1, 0.15) is 0 Å². The van der Waals surface area contributed by atoms with Gasteiger partial charge in [0.2, 0.25) is 0 Å². The lowest BCUT2D eigenvalue weighted by molar-refractivity contribution is 0.549. The van der Waals surface area contributed by atoms with Crippen molar-refractivity contribution in [3.8, 4) is 0 Å². The molecular weight excluding hydrogens is 318 g/mol. The number of hydrogen-bond acceptors (Lipinski definition) is 2. The van der Waals surface area contributed by atoms with Crippen LogP contribution in [0.3, 0.4) is 0 Å². The molecule has 0 fully saturated rings. The number of rotatable bonds is 5. The summed E-state index contributed by atoms with van der Waals surface area (Å²) in [5, 5.41) is 3.61. The lowest BCUT2D eigenvalue weighted by atomic mass is 9.99. The van der Waals surface area contributed by atoms with Gasteiger partial charge in [0, 0.05) is 20.3 Å². The zero-order valence-electron chi connectivity index (χ0n) is 11.7. The van der Waals surface area contributed by atoms with E-state index in [0.29, 0.717) is 6.04 Å². The highest BCUT2D eigenvalue weighted by Gasteiger charge is 2.15. The summed E-state index contributed by atoms with van der Waals surface area (Å²) in [7, 11) is 0. The number of aryl methyl sites for hydroxylation is 2. The fourth-order valence-electron chi connectivity index (χ4n) is 2.43. The highest BCUT2D eigenvalue weighted by Crippen LogP contribution is 2.29. The third-order valence-electron chi connectivity index (χ3n) is 3.23. The van der Waals surface area contributed by atoms with Crippen LogP contribution in [0.4, 0.5) is 0 Å². The maximum Gasteiger partial charge on any atom is 0.0371 e. The fraction of sp³-hybridized carbons (Fsp3) is 0.375. The van der Waals surface area contributed by atoms with Crippen molar-refractivity contribution in [1.29, 1.82) is 0 Å². The third kappa shape index (κ3) is 3.91. The molecule has 1 atom stereocenters. The van der Waals surface area contributed by atoms with Crippen LogP contribution < -0.4 is 5.32 Å². The van der Waals surface area contributed by atoms with Crippen LogP contribution in [0.15, 0.2) is 34.8 Å². The smallest absolute Gasteiger partial charge is 0.0371 e. The molecule has 2 aromatic rings. The molecule has 0 radical (unpaired) electrons.